The molecule has 0 radical (unpaired) electrons. The zero-order chi connectivity index (χ0) is 34.5. The Morgan fingerprint density at radius 1 is 1.00 bits per heavy atom. The molecule has 8 nitrogen and oxygen atoms in total. The van der Waals surface area contributed by atoms with Crippen LogP contribution in [0.15, 0.2) is 82.0 Å². The molecule has 3 heterocycles. The van der Waals surface area contributed by atoms with Gasteiger partial charge in [-0.2, -0.15) is 0 Å². The third kappa shape index (κ3) is 8.16. The molecular weight excluding hydrogens is 714 g/mol. The van der Waals surface area contributed by atoms with Gasteiger partial charge >= 0.3 is 6.09 Å². The third-order valence-corrected chi connectivity index (χ3v) is 11.2. The number of hydrogen-bond acceptors (Lipinski definition) is 6. The Hall–Kier alpha value is -3.53. The van der Waals surface area contributed by atoms with E-state index in [9.17, 15) is 9.59 Å². The highest BCUT2D eigenvalue weighted by Gasteiger charge is 2.43. The maximum absolute atomic E-state index is 15.0. The number of pyridine rings is 1. The summed E-state index contributed by atoms with van der Waals surface area (Å²) in [5, 5.41) is 0.710. The van der Waals surface area contributed by atoms with Crippen LogP contribution < -0.4 is 0 Å². The van der Waals surface area contributed by atoms with E-state index in [-0.39, 0.29) is 24.1 Å². The molecule has 1 saturated carbocycles. The summed E-state index contributed by atoms with van der Waals surface area (Å²) in [5.41, 5.74) is 6.63. The smallest absolute Gasteiger partial charge is 0.410 e. The van der Waals surface area contributed by atoms with Crippen LogP contribution in [0.5, 0.6) is 0 Å². The van der Waals surface area contributed by atoms with Crippen molar-refractivity contribution in [1.82, 2.24) is 19.7 Å². The molecule has 2 fully saturated rings. The number of piperazine rings is 1. The lowest BCUT2D eigenvalue weighted by Crippen LogP contribution is -2.62. The molecule has 2 atom stereocenters. The molecule has 1 aromatic heterocycles. The summed E-state index contributed by atoms with van der Waals surface area (Å²) < 4.78 is 7.08. The Morgan fingerprint density at radius 3 is 2.62 bits per heavy atom. The molecule has 2 aliphatic heterocycles. The number of halogens is 2. The molecule has 10 heteroatoms. The standard InChI is InChI=1S/C40H45BrClN5O3/c41-31-23-30-16-15-29-24-32(42)17-18-35(29)38(37(30)44-25-31)45-21-22-47(40(49)50-34-13-5-2-6-14-34)36(27-45)39(48)46(26-28-9-3-1-4-10-28)20-8-12-33-11-7-19-43-33/h1,3-4,9-11,17-19,23-25,34,36,38H,2,5-8,12-16,20-22,26-27H2/t36-,38?/m1/s1. The van der Waals surface area contributed by atoms with Crippen molar-refractivity contribution in [1.29, 1.82) is 0 Å². The quantitative estimate of drug-likeness (QED) is 0.220. The Morgan fingerprint density at radius 2 is 1.82 bits per heavy atom. The van der Waals surface area contributed by atoms with Gasteiger partial charge in [0, 0.05) is 66.7 Å². The Labute approximate surface area is 308 Å². The molecule has 7 rings (SSSR count). The predicted molar refractivity (Wildman–Crippen MR) is 200 cm³/mol. The molecule has 1 saturated heterocycles. The Kier molecular flexibility index (Phi) is 11.3. The molecule has 4 aliphatic rings. The van der Waals surface area contributed by atoms with E-state index in [0.29, 0.717) is 37.7 Å². The largest absolute Gasteiger partial charge is 0.446 e. The van der Waals surface area contributed by atoms with E-state index in [2.05, 4.69) is 62.2 Å². The van der Waals surface area contributed by atoms with E-state index in [1.807, 2.05) is 41.6 Å². The minimum absolute atomic E-state index is 0.0583. The molecule has 50 heavy (non-hydrogen) atoms. The highest BCUT2D eigenvalue weighted by Crippen LogP contribution is 2.39. The van der Waals surface area contributed by atoms with E-state index >= 15 is 0 Å². The van der Waals surface area contributed by atoms with Gasteiger partial charge in [0.15, 0.2) is 0 Å². The average Bonchev–Trinajstić information content (AvgIpc) is 3.60. The van der Waals surface area contributed by atoms with Crippen LogP contribution >= 0.6 is 27.5 Å². The van der Waals surface area contributed by atoms with Gasteiger partial charge in [0.2, 0.25) is 5.91 Å². The lowest BCUT2D eigenvalue weighted by molar-refractivity contribution is -0.140. The van der Waals surface area contributed by atoms with Crippen molar-refractivity contribution in [2.45, 2.75) is 88.9 Å². The fraction of sp³-hybridized carbons (Fsp3) is 0.450. The summed E-state index contributed by atoms with van der Waals surface area (Å²) >= 11 is 10.2. The van der Waals surface area contributed by atoms with Gasteiger partial charge in [0.05, 0.1) is 11.7 Å². The maximum atomic E-state index is 15.0. The van der Waals surface area contributed by atoms with Gasteiger partial charge in [-0.3, -0.25) is 24.6 Å². The van der Waals surface area contributed by atoms with Crippen LogP contribution in [0.1, 0.15) is 85.4 Å². The minimum Gasteiger partial charge on any atom is -0.446 e. The molecule has 2 aliphatic carbocycles. The molecule has 0 bridgehead atoms. The van der Waals surface area contributed by atoms with E-state index in [1.54, 1.807) is 4.90 Å². The van der Waals surface area contributed by atoms with Crippen molar-refractivity contribution in [3.63, 3.8) is 0 Å². The number of nitrogens with zero attached hydrogens (tertiary/aromatic N) is 5. The summed E-state index contributed by atoms with van der Waals surface area (Å²) in [7, 11) is 0. The van der Waals surface area contributed by atoms with Gasteiger partial charge in [-0.05, 0) is 108 Å². The molecular formula is C40H45BrClN5O3. The maximum Gasteiger partial charge on any atom is 0.410 e. The van der Waals surface area contributed by atoms with E-state index in [0.717, 1.165) is 84.8 Å². The topological polar surface area (TPSA) is 78.3 Å². The number of carbonyl (C=O) groups excluding carboxylic acids is 2. The number of carbonyl (C=O) groups is 2. The lowest BCUT2D eigenvalue weighted by atomic mass is 9.95. The van der Waals surface area contributed by atoms with Crippen molar-refractivity contribution in [3.8, 4) is 0 Å². The summed E-state index contributed by atoms with van der Waals surface area (Å²) in [6.07, 6.45) is 14.7. The first-order valence-electron chi connectivity index (χ1n) is 18.1. The second-order valence-electron chi connectivity index (χ2n) is 13.9. The number of aryl methyl sites for hydroxylation is 2. The predicted octanol–water partition coefficient (Wildman–Crippen LogP) is 8.31. The second kappa shape index (κ2) is 16.2. The first-order chi connectivity index (χ1) is 24.4. The molecule has 2 aromatic carbocycles. The van der Waals surface area contributed by atoms with Crippen molar-refractivity contribution < 1.29 is 14.3 Å². The molecule has 1 unspecified atom stereocenters. The van der Waals surface area contributed by atoms with Gasteiger partial charge in [-0.1, -0.05) is 60.5 Å². The number of benzene rings is 2. The number of aliphatic imine (C=N–C) groups is 1. The van der Waals surface area contributed by atoms with Crippen LogP contribution in [0.25, 0.3) is 0 Å². The highest BCUT2D eigenvalue weighted by atomic mass is 79.9. The highest BCUT2D eigenvalue weighted by molar-refractivity contribution is 9.10. The number of fused-ring (bicyclic) bond motifs is 2. The number of rotatable bonds is 9. The molecule has 2 amide bonds. The van der Waals surface area contributed by atoms with E-state index in [1.165, 1.54) is 17.5 Å². The minimum atomic E-state index is -0.717. The molecule has 262 valence electrons. The van der Waals surface area contributed by atoms with E-state index in [4.69, 9.17) is 21.3 Å². The Balaban J connectivity index is 1.22. The normalized spacial score (nSPS) is 20.8. The van der Waals surface area contributed by atoms with Crippen molar-refractivity contribution >= 4 is 45.7 Å². The summed E-state index contributed by atoms with van der Waals surface area (Å²) in [6.45, 7) is 2.36. The number of allylic oxidation sites excluding steroid dienone is 2. The first kappa shape index (κ1) is 34.9. The fourth-order valence-corrected chi connectivity index (χ4v) is 8.53. The summed E-state index contributed by atoms with van der Waals surface area (Å²) in [4.78, 5) is 44.5. The lowest BCUT2D eigenvalue weighted by Gasteiger charge is -2.45. The van der Waals surface area contributed by atoms with Gasteiger partial charge < -0.3 is 9.64 Å². The van der Waals surface area contributed by atoms with Crippen LogP contribution in [0.2, 0.25) is 5.02 Å². The third-order valence-electron chi connectivity index (χ3n) is 10.5. The van der Waals surface area contributed by atoms with Crippen molar-refractivity contribution in [2.75, 3.05) is 26.2 Å². The van der Waals surface area contributed by atoms with E-state index < -0.39 is 6.04 Å². The fourth-order valence-electron chi connectivity index (χ4n) is 7.95. The number of hydrogen-bond donors (Lipinski definition) is 0. The average molecular weight is 759 g/mol. The van der Waals surface area contributed by atoms with Crippen LogP contribution in [0, 0.1) is 0 Å². The van der Waals surface area contributed by atoms with Crippen molar-refractivity contribution in [2.24, 2.45) is 4.99 Å². The molecule has 0 spiro atoms. The van der Waals surface area contributed by atoms with Crippen molar-refractivity contribution in [3.05, 3.63) is 110 Å². The van der Waals surface area contributed by atoms with Gasteiger partial charge in [-0.15, -0.1) is 0 Å². The van der Waals surface area contributed by atoms with Crippen LogP contribution in [0.3, 0.4) is 0 Å². The molecule has 0 N–H and O–H groups in total. The van der Waals surface area contributed by atoms with Gasteiger partial charge in [0.1, 0.15) is 12.1 Å². The monoisotopic (exact) mass is 757 g/mol. The molecule has 3 aromatic rings. The van der Waals surface area contributed by atoms with Crippen LogP contribution in [-0.4, -0.2) is 76.2 Å². The number of aromatic nitrogens is 1. The number of ether oxygens (including phenoxy) is 1. The van der Waals surface area contributed by atoms with Crippen LogP contribution in [0.4, 0.5) is 4.79 Å². The summed E-state index contributed by atoms with van der Waals surface area (Å²) in [6, 6.07) is 17.5. The SMILES string of the molecule is O=C([C@H]1CN(C2c3ccc(Cl)cc3CCc3cc(Br)cnc32)CCN1C(=O)OC1CCCCC1)N(CCCC1=CCC=N1)Cc1ccccc1. The van der Waals surface area contributed by atoms with Crippen LogP contribution in [-0.2, 0) is 28.9 Å². The second-order valence-corrected chi connectivity index (χ2v) is 15.2. The Bertz CT molecular complexity index is 1690. The summed E-state index contributed by atoms with van der Waals surface area (Å²) in [5.74, 6) is -0.0583. The zero-order valence-electron chi connectivity index (χ0n) is 28.5. The number of amides is 2. The van der Waals surface area contributed by atoms with Gasteiger partial charge in [0.25, 0.3) is 0 Å². The first-order valence-corrected chi connectivity index (χ1v) is 19.3. The van der Waals surface area contributed by atoms with Gasteiger partial charge in [-0.25, -0.2) is 4.79 Å². The zero-order valence-corrected chi connectivity index (χ0v) is 30.8.